The monoisotopic (exact) mass is 516 g/mol. The van der Waals surface area contributed by atoms with E-state index in [1.807, 2.05) is 13.0 Å². The predicted octanol–water partition coefficient (Wildman–Crippen LogP) is 4.30. The van der Waals surface area contributed by atoms with E-state index in [2.05, 4.69) is 10.6 Å². The number of aryl methyl sites for hydroxylation is 1. The molecule has 1 saturated heterocycles. The molecular formula is C26H20N4O6S. The molecule has 10 nitrogen and oxygen atoms in total. The second-order valence-electron chi connectivity index (χ2n) is 7.98. The van der Waals surface area contributed by atoms with Gasteiger partial charge in [-0.15, -0.1) is 11.8 Å². The third-order valence-corrected chi connectivity index (χ3v) is 6.36. The number of imide groups is 2. The van der Waals surface area contributed by atoms with E-state index in [4.69, 9.17) is 0 Å². The Labute approximate surface area is 215 Å². The summed E-state index contributed by atoms with van der Waals surface area (Å²) in [6.45, 7) is 1.85. The third kappa shape index (κ3) is 5.90. The van der Waals surface area contributed by atoms with Gasteiger partial charge in [0.15, 0.2) is 0 Å². The van der Waals surface area contributed by atoms with Gasteiger partial charge in [0.1, 0.15) is 5.57 Å². The van der Waals surface area contributed by atoms with Gasteiger partial charge in [0.25, 0.3) is 17.5 Å². The van der Waals surface area contributed by atoms with Crippen molar-refractivity contribution in [2.45, 2.75) is 11.8 Å². The van der Waals surface area contributed by atoms with Crippen LogP contribution in [0.2, 0.25) is 0 Å². The zero-order valence-electron chi connectivity index (χ0n) is 19.5. The Kier molecular flexibility index (Phi) is 7.44. The van der Waals surface area contributed by atoms with E-state index < -0.39 is 22.8 Å². The molecular weight excluding hydrogens is 496 g/mol. The summed E-state index contributed by atoms with van der Waals surface area (Å²) in [7, 11) is 0. The zero-order valence-corrected chi connectivity index (χ0v) is 20.3. The fourth-order valence-electron chi connectivity index (χ4n) is 3.50. The van der Waals surface area contributed by atoms with Gasteiger partial charge in [0.05, 0.1) is 21.3 Å². The summed E-state index contributed by atoms with van der Waals surface area (Å²) in [5.41, 5.74) is 1.38. The topological polar surface area (TPSA) is 139 Å². The van der Waals surface area contributed by atoms with Crippen LogP contribution in [-0.2, 0) is 14.4 Å². The highest BCUT2D eigenvalue weighted by molar-refractivity contribution is 8.00. The number of nitrogens with one attached hydrogen (secondary N) is 2. The Morgan fingerprint density at radius 3 is 2.43 bits per heavy atom. The number of carbonyl (C=O) groups excluding carboxylic acids is 4. The van der Waals surface area contributed by atoms with Crippen molar-refractivity contribution < 1.29 is 24.1 Å². The maximum absolute atomic E-state index is 13.0. The van der Waals surface area contributed by atoms with Crippen LogP contribution in [0.1, 0.15) is 11.1 Å². The van der Waals surface area contributed by atoms with Crippen molar-refractivity contribution in [2.24, 2.45) is 0 Å². The van der Waals surface area contributed by atoms with E-state index >= 15 is 0 Å². The first-order valence-electron chi connectivity index (χ1n) is 11.0. The number of anilines is 2. The quantitative estimate of drug-likeness (QED) is 0.157. The van der Waals surface area contributed by atoms with Crippen LogP contribution < -0.4 is 15.5 Å². The number of barbiturate groups is 1. The molecule has 5 amide bonds. The second kappa shape index (κ2) is 10.9. The average Bonchev–Trinajstić information content (AvgIpc) is 2.87. The first kappa shape index (κ1) is 25.3. The van der Waals surface area contributed by atoms with Crippen molar-refractivity contribution >= 4 is 58.7 Å². The SMILES string of the molecule is Cc1ccc(N2C(=O)NC(=O)/C(=C\c3ccc(SCC(=O)Nc4ccccc4)c([N+](=O)[O-])c3)C2=O)cc1. The minimum Gasteiger partial charge on any atom is -0.325 e. The number of hydrogen-bond donors (Lipinski definition) is 2. The molecule has 0 spiro atoms. The molecule has 0 aromatic heterocycles. The van der Waals surface area contributed by atoms with Gasteiger partial charge in [0.2, 0.25) is 5.91 Å². The number of hydrogen-bond acceptors (Lipinski definition) is 7. The standard InChI is InChI=1S/C26H20N4O6S/c1-16-7-10-19(11-8-16)29-25(33)20(24(32)28-26(29)34)13-17-9-12-22(21(14-17)30(35)36)37-15-23(31)27-18-5-3-2-4-6-18/h2-14H,15H2,1H3,(H,27,31)(H,28,32,34)/b20-13+. The molecule has 0 unspecified atom stereocenters. The Bertz CT molecular complexity index is 1440. The number of nitro benzene ring substituents is 1. The highest BCUT2D eigenvalue weighted by atomic mass is 32.2. The van der Waals surface area contributed by atoms with Crippen molar-refractivity contribution in [2.75, 3.05) is 16.0 Å². The first-order chi connectivity index (χ1) is 17.7. The summed E-state index contributed by atoms with van der Waals surface area (Å²) >= 11 is 0.984. The lowest BCUT2D eigenvalue weighted by Crippen LogP contribution is -2.54. The number of urea groups is 1. The molecule has 0 bridgehead atoms. The predicted molar refractivity (Wildman–Crippen MR) is 139 cm³/mol. The molecule has 1 fully saturated rings. The smallest absolute Gasteiger partial charge is 0.325 e. The van der Waals surface area contributed by atoms with Crippen molar-refractivity contribution in [3.05, 3.63) is 99.6 Å². The van der Waals surface area contributed by atoms with Gasteiger partial charge in [-0.3, -0.25) is 29.8 Å². The maximum Gasteiger partial charge on any atom is 0.335 e. The van der Waals surface area contributed by atoms with Gasteiger partial charge in [-0.05, 0) is 48.9 Å². The van der Waals surface area contributed by atoms with Gasteiger partial charge in [-0.1, -0.05) is 42.0 Å². The Balaban J connectivity index is 1.55. The van der Waals surface area contributed by atoms with Crippen LogP contribution in [0.4, 0.5) is 21.9 Å². The normalized spacial score (nSPS) is 14.5. The number of amides is 5. The van der Waals surface area contributed by atoms with Crippen molar-refractivity contribution in [3.63, 3.8) is 0 Å². The van der Waals surface area contributed by atoms with E-state index in [0.29, 0.717) is 5.69 Å². The summed E-state index contributed by atoms with van der Waals surface area (Å²) in [5, 5.41) is 16.5. The molecule has 3 aromatic rings. The van der Waals surface area contributed by atoms with Crippen LogP contribution in [0.15, 0.2) is 83.3 Å². The first-order valence-corrected chi connectivity index (χ1v) is 12.0. The molecule has 11 heteroatoms. The molecule has 3 aromatic carbocycles. The Morgan fingerprint density at radius 2 is 1.76 bits per heavy atom. The third-order valence-electron chi connectivity index (χ3n) is 5.30. The van der Waals surface area contributed by atoms with Crippen LogP contribution in [0, 0.1) is 17.0 Å². The Morgan fingerprint density at radius 1 is 1.05 bits per heavy atom. The minimum absolute atomic E-state index is 0.0648. The van der Waals surface area contributed by atoms with Crippen molar-refractivity contribution in [3.8, 4) is 0 Å². The van der Waals surface area contributed by atoms with E-state index in [9.17, 15) is 29.3 Å². The fraction of sp³-hybridized carbons (Fsp3) is 0.0769. The van der Waals surface area contributed by atoms with E-state index in [-0.39, 0.29) is 39.1 Å². The molecule has 2 N–H and O–H groups in total. The number of benzene rings is 3. The lowest BCUT2D eigenvalue weighted by atomic mass is 10.1. The summed E-state index contributed by atoms with van der Waals surface area (Å²) < 4.78 is 0. The molecule has 186 valence electrons. The number of nitro groups is 1. The van der Waals surface area contributed by atoms with Gasteiger partial charge in [0, 0.05) is 11.8 Å². The number of rotatable bonds is 7. The molecule has 0 radical (unpaired) electrons. The highest BCUT2D eigenvalue weighted by Gasteiger charge is 2.36. The molecule has 0 aliphatic carbocycles. The lowest BCUT2D eigenvalue weighted by Gasteiger charge is -2.26. The summed E-state index contributed by atoms with van der Waals surface area (Å²) in [4.78, 5) is 62.2. The average molecular weight is 517 g/mol. The molecule has 1 aliphatic heterocycles. The van der Waals surface area contributed by atoms with Gasteiger partial charge >= 0.3 is 6.03 Å². The number of nitrogens with zero attached hydrogens (tertiary/aromatic N) is 2. The van der Waals surface area contributed by atoms with Gasteiger partial charge in [-0.2, -0.15) is 0 Å². The molecule has 1 aliphatic rings. The van der Waals surface area contributed by atoms with Gasteiger partial charge < -0.3 is 5.32 Å². The summed E-state index contributed by atoms with van der Waals surface area (Å²) in [6.07, 6.45) is 1.19. The largest absolute Gasteiger partial charge is 0.335 e. The van der Waals surface area contributed by atoms with Crippen LogP contribution >= 0.6 is 11.8 Å². The number of para-hydroxylation sites is 1. The molecule has 4 rings (SSSR count). The molecule has 0 saturated carbocycles. The number of carbonyl (C=O) groups is 4. The number of thioether (sulfide) groups is 1. The van der Waals surface area contributed by atoms with Crippen molar-refractivity contribution in [1.82, 2.24) is 5.32 Å². The lowest BCUT2D eigenvalue weighted by molar-refractivity contribution is -0.387. The van der Waals surface area contributed by atoms with Crippen LogP contribution in [-0.4, -0.2) is 34.4 Å². The second-order valence-corrected chi connectivity index (χ2v) is 9.00. The maximum atomic E-state index is 13.0. The van der Waals surface area contributed by atoms with E-state index in [1.165, 1.54) is 24.3 Å². The van der Waals surface area contributed by atoms with E-state index in [0.717, 1.165) is 22.2 Å². The fourth-order valence-corrected chi connectivity index (χ4v) is 4.31. The van der Waals surface area contributed by atoms with Crippen LogP contribution in [0.3, 0.4) is 0 Å². The van der Waals surface area contributed by atoms with Crippen LogP contribution in [0.5, 0.6) is 0 Å². The van der Waals surface area contributed by atoms with Crippen LogP contribution in [0.25, 0.3) is 6.08 Å². The van der Waals surface area contributed by atoms with Gasteiger partial charge in [-0.25, -0.2) is 9.69 Å². The minimum atomic E-state index is -0.906. The molecule has 0 atom stereocenters. The van der Waals surface area contributed by atoms with E-state index in [1.54, 1.807) is 48.5 Å². The molecule has 37 heavy (non-hydrogen) atoms. The zero-order chi connectivity index (χ0) is 26.5. The highest BCUT2D eigenvalue weighted by Crippen LogP contribution is 2.31. The van der Waals surface area contributed by atoms with Crippen molar-refractivity contribution in [1.29, 1.82) is 0 Å². The Hall–Kier alpha value is -4.77. The summed E-state index contributed by atoms with van der Waals surface area (Å²) in [6, 6.07) is 18.6. The molecule has 1 heterocycles. The summed E-state index contributed by atoms with van der Waals surface area (Å²) in [5.74, 6) is -2.15.